The third kappa shape index (κ3) is 5.71. The van der Waals surface area contributed by atoms with E-state index in [1.165, 1.54) is 11.1 Å². The zero-order valence-corrected chi connectivity index (χ0v) is 13.3. The van der Waals surface area contributed by atoms with Crippen LogP contribution < -0.4 is 10.1 Å². The van der Waals surface area contributed by atoms with Gasteiger partial charge in [0.2, 0.25) is 0 Å². The van der Waals surface area contributed by atoms with Crippen molar-refractivity contribution in [2.45, 2.75) is 6.54 Å². The molecule has 0 unspecified atom stereocenters. The standard InChI is InChI=1S/C18H21N3O2/c1-4-9-21(10-5-2)18(22)16(12-19)14-20-13-15-7-6-8-17(11-15)23-3/h4-8,11,14,20H,1-2,9-10,13H2,3H3/b16-14-. The van der Waals surface area contributed by atoms with Crippen LogP contribution >= 0.6 is 0 Å². The molecule has 5 nitrogen and oxygen atoms in total. The van der Waals surface area contributed by atoms with E-state index in [0.717, 1.165) is 11.3 Å². The summed E-state index contributed by atoms with van der Waals surface area (Å²) in [6.07, 6.45) is 4.65. The van der Waals surface area contributed by atoms with Crippen molar-refractivity contribution in [1.29, 1.82) is 5.26 Å². The highest BCUT2D eigenvalue weighted by molar-refractivity contribution is 5.97. The summed E-state index contributed by atoms with van der Waals surface area (Å²) in [5.41, 5.74) is 1.02. The number of nitriles is 1. The molecular formula is C18H21N3O2. The van der Waals surface area contributed by atoms with Gasteiger partial charge in [0.05, 0.1) is 7.11 Å². The summed E-state index contributed by atoms with van der Waals surface area (Å²) in [6, 6.07) is 9.47. The van der Waals surface area contributed by atoms with Crippen LogP contribution in [-0.4, -0.2) is 31.0 Å². The highest BCUT2D eigenvalue weighted by atomic mass is 16.5. The number of amides is 1. The Morgan fingerprint density at radius 3 is 2.65 bits per heavy atom. The van der Waals surface area contributed by atoms with E-state index in [1.54, 1.807) is 19.3 Å². The Kier molecular flexibility index (Phi) is 7.73. The van der Waals surface area contributed by atoms with Gasteiger partial charge in [-0.1, -0.05) is 24.3 Å². The zero-order chi connectivity index (χ0) is 17.1. The Hall–Kier alpha value is -3.00. The van der Waals surface area contributed by atoms with Crippen molar-refractivity contribution < 1.29 is 9.53 Å². The van der Waals surface area contributed by atoms with Crippen LogP contribution in [0, 0.1) is 11.3 Å². The van der Waals surface area contributed by atoms with Crippen molar-refractivity contribution in [1.82, 2.24) is 10.2 Å². The number of carbonyl (C=O) groups is 1. The molecule has 23 heavy (non-hydrogen) atoms. The molecule has 0 bridgehead atoms. The highest BCUT2D eigenvalue weighted by Gasteiger charge is 2.15. The summed E-state index contributed by atoms with van der Waals surface area (Å²) in [5, 5.41) is 12.2. The fourth-order valence-corrected chi connectivity index (χ4v) is 1.92. The van der Waals surface area contributed by atoms with Crippen molar-refractivity contribution in [3.8, 4) is 11.8 Å². The number of nitrogens with one attached hydrogen (secondary N) is 1. The van der Waals surface area contributed by atoms with Crippen LogP contribution in [0.4, 0.5) is 0 Å². The Morgan fingerprint density at radius 1 is 1.39 bits per heavy atom. The van der Waals surface area contributed by atoms with Gasteiger partial charge in [-0.3, -0.25) is 4.79 Å². The Labute approximate surface area is 137 Å². The minimum Gasteiger partial charge on any atom is -0.497 e. The third-order valence-electron chi connectivity index (χ3n) is 3.02. The summed E-state index contributed by atoms with van der Waals surface area (Å²) in [4.78, 5) is 13.8. The molecular weight excluding hydrogens is 290 g/mol. The number of ether oxygens (including phenoxy) is 1. The first-order chi connectivity index (χ1) is 11.2. The maximum absolute atomic E-state index is 12.3. The second-order valence-corrected chi connectivity index (χ2v) is 4.69. The van der Waals surface area contributed by atoms with E-state index in [9.17, 15) is 10.1 Å². The number of rotatable bonds is 9. The second-order valence-electron chi connectivity index (χ2n) is 4.69. The molecule has 0 aliphatic heterocycles. The van der Waals surface area contributed by atoms with E-state index < -0.39 is 0 Å². The molecule has 0 fully saturated rings. The van der Waals surface area contributed by atoms with Crippen molar-refractivity contribution in [3.05, 3.63) is 66.9 Å². The number of nitrogens with zero attached hydrogens (tertiary/aromatic N) is 2. The molecule has 1 amide bonds. The van der Waals surface area contributed by atoms with E-state index in [4.69, 9.17) is 4.74 Å². The normalized spacial score (nSPS) is 10.3. The minimum absolute atomic E-state index is 0.0385. The summed E-state index contributed by atoms with van der Waals surface area (Å²) < 4.78 is 5.15. The van der Waals surface area contributed by atoms with Crippen molar-refractivity contribution >= 4 is 5.91 Å². The fourth-order valence-electron chi connectivity index (χ4n) is 1.92. The minimum atomic E-state index is -0.356. The van der Waals surface area contributed by atoms with Gasteiger partial charge >= 0.3 is 0 Å². The highest BCUT2D eigenvalue weighted by Crippen LogP contribution is 2.12. The van der Waals surface area contributed by atoms with Gasteiger partial charge in [-0.25, -0.2) is 0 Å². The van der Waals surface area contributed by atoms with Gasteiger partial charge in [0, 0.05) is 25.8 Å². The zero-order valence-electron chi connectivity index (χ0n) is 13.3. The number of hydrogen-bond acceptors (Lipinski definition) is 4. The maximum atomic E-state index is 12.3. The average Bonchev–Trinajstić information content (AvgIpc) is 2.58. The van der Waals surface area contributed by atoms with Gasteiger partial charge in [-0.05, 0) is 17.7 Å². The van der Waals surface area contributed by atoms with Crippen LogP contribution in [0.25, 0.3) is 0 Å². The molecule has 0 radical (unpaired) electrons. The van der Waals surface area contributed by atoms with E-state index in [1.807, 2.05) is 30.3 Å². The van der Waals surface area contributed by atoms with E-state index >= 15 is 0 Å². The number of benzene rings is 1. The lowest BCUT2D eigenvalue weighted by molar-refractivity contribution is -0.125. The SMILES string of the molecule is C=CCN(CC=C)C(=O)/C(C#N)=C\NCc1cccc(OC)c1. The molecule has 1 N–H and O–H groups in total. The lowest BCUT2D eigenvalue weighted by Gasteiger charge is -2.18. The third-order valence-corrected chi connectivity index (χ3v) is 3.02. The number of carbonyl (C=O) groups excluding carboxylic acids is 1. The molecule has 1 aromatic carbocycles. The van der Waals surface area contributed by atoms with Crippen molar-refractivity contribution in [3.63, 3.8) is 0 Å². The molecule has 5 heteroatoms. The predicted octanol–water partition coefficient (Wildman–Crippen LogP) is 2.39. The van der Waals surface area contributed by atoms with Gasteiger partial charge in [0.15, 0.2) is 0 Å². The molecule has 1 rings (SSSR count). The molecule has 0 saturated heterocycles. The van der Waals surface area contributed by atoms with E-state index in [0.29, 0.717) is 19.6 Å². The van der Waals surface area contributed by atoms with Crippen LogP contribution in [-0.2, 0) is 11.3 Å². The van der Waals surface area contributed by atoms with E-state index in [-0.39, 0.29) is 11.5 Å². The summed E-state index contributed by atoms with van der Waals surface area (Å²) in [5.74, 6) is 0.401. The lowest BCUT2D eigenvalue weighted by atomic mass is 10.2. The lowest BCUT2D eigenvalue weighted by Crippen LogP contribution is -2.32. The molecule has 0 aliphatic carbocycles. The van der Waals surface area contributed by atoms with Gasteiger partial charge in [0.1, 0.15) is 17.4 Å². The Morgan fingerprint density at radius 2 is 2.09 bits per heavy atom. The maximum Gasteiger partial charge on any atom is 0.266 e. The summed E-state index contributed by atoms with van der Waals surface area (Å²) in [7, 11) is 1.60. The van der Waals surface area contributed by atoms with Crippen molar-refractivity contribution in [2.24, 2.45) is 0 Å². The Bertz CT molecular complexity index is 619. The largest absolute Gasteiger partial charge is 0.497 e. The average molecular weight is 311 g/mol. The number of hydrogen-bond donors (Lipinski definition) is 1. The molecule has 1 aromatic rings. The van der Waals surface area contributed by atoms with Crippen LogP contribution in [0.5, 0.6) is 5.75 Å². The Balaban J connectivity index is 2.74. The first-order valence-electron chi connectivity index (χ1n) is 7.13. The van der Waals surface area contributed by atoms with Gasteiger partial charge in [0.25, 0.3) is 5.91 Å². The monoisotopic (exact) mass is 311 g/mol. The van der Waals surface area contributed by atoms with E-state index in [2.05, 4.69) is 18.5 Å². The quantitative estimate of drug-likeness (QED) is 0.432. The number of methoxy groups -OCH3 is 1. The second kappa shape index (κ2) is 9.85. The topological polar surface area (TPSA) is 65.4 Å². The predicted molar refractivity (Wildman–Crippen MR) is 90.5 cm³/mol. The summed E-state index contributed by atoms with van der Waals surface area (Å²) in [6.45, 7) is 8.43. The van der Waals surface area contributed by atoms with Crippen molar-refractivity contribution in [2.75, 3.05) is 20.2 Å². The fraction of sp³-hybridized carbons (Fsp3) is 0.222. The smallest absolute Gasteiger partial charge is 0.266 e. The van der Waals surface area contributed by atoms with Gasteiger partial charge < -0.3 is 15.0 Å². The van der Waals surface area contributed by atoms with Gasteiger partial charge in [-0.2, -0.15) is 5.26 Å². The molecule has 0 aromatic heterocycles. The first kappa shape index (κ1) is 18.1. The van der Waals surface area contributed by atoms with Crippen LogP contribution in [0.3, 0.4) is 0 Å². The molecule has 0 heterocycles. The molecule has 0 atom stereocenters. The molecule has 0 aliphatic rings. The first-order valence-corrected chi connectivity index (χ1v) is 7.13. The van der Waals surface area contributed by atoms with Crippen LogP contribution in [0.1, 0.15) is 5.56 Å². The summed E-state index contributed by atoms with van der Waals surface area (Å²) >= 11 is 0. The molecule has 120 valence electrons. The van der Waals surface area contributed by atoms with Crippen LogP contribution in [0.2, 0.25) is 0 Å². The van der Waals surface area contributed by atoms with Crippen LogP contribution in [0.15, 0.2) is 61.3 Å². The molecule has 0 spiro atoms. The van der Waals surface area contributed by atoms with Gasteiger partial charge in [-0.15, -0.1) is 13.2 Å². The molecule has 0 saturated carbocycles.